The van der Waals surface area contributed by atoms with Crippen LogP contribution in [0.25, 0.3) is 0 Å². The van der Waals surface area contributed by atoms with Crippen molar-refractivity contribution < 1.29 is 9.21 Å². The molecule has 2 N–H and O–H groups in total. The van der Waals surface area contributed by atoms with E-state index in [9.17, 15) is 4.79 Å². The second kappa shape index (κ2) is 4.70. The molecule has 2 atom stereocenters. The summed E-state index contributed by atoms with van der Waals surface area (Å²) in [5, 5.41) is 6.42. The molecule has 88 valence electrons. The minimum atomic E-state index is -0.0228. The molecule has 1 aliphatic heterocycles. The topological polar surface area (TPSA) is 54.3 Å². The van der Waals surface area contributed by atoms with Gasteiger partial charge in [0, 0.05) is 12.1 Å². The van der Waals surface area contributed by atoms with Crippen LogP contribution in [0.5, 0.6) is 0 Å². The lowest BCUT2D eigenvalue weighted by Gasteiger charge is -2.28. The van der Waals surface area contributed by atoms with Crippen molar-refractivity contribution in [1.82, 2.24) is 10.6 Å². The Bertz CT molecular complexity index is 373. The lowest BCUT2D eigenvalue weighted by molar-refractivity contribution is 0.0924. The predicted molar refractivity (Wildman–Crippen MR) is 61.4 cm³/mol. The van der Waals surface area contributed by atoms with Crippen molar-refractivity contribution in [3.63, 3.8) is 0 Å². The molecule has 0 bridgehead atoms. The number of amides is 1. The van der Waals surface area contributed by atoms with E-state index in [-0.39, 0.29) is 11.9 Å². The van der Waals surface area contributed by atoms with Crippen LogP contribution in [0.4, 0.5) is 0 Å². The highest BCUT2D eigenvalue weighted by Gasteiger charge is 2.21. The van der Waals surface area contributed by atoms with E-state index in [0.29, 0.717) is 17.4 Å². The zero-order valence-electron chi connectivity index (χ0n) is 9.75. The van der Waals surface area contributed by atoms with E-state index in [2.05, 4.69) is 17.6 Å². The van der Waals surface area contributed by atoms with E-state index >= 15 is 0 Å². The number of aryl methyl sites for hydroxylation is 1. The number of carbonyl (C=O) groups excluding carboxylic acids is 1. The molecule has 1 amide bonds. The molecule has 1 fully saturated rings. The molecule has 16 heavy (non-hydrogen) atoms. The summed E-state index contributed by atoms with van der Waals surface area (Å²) in [6.45, 7) is 4.91. The predicted octanol–water partition coefficient (Wildman–Crippen LogP) is 1.46. The standard InChI is InChI=1S/C12H18N2O2/c1-8-7-10(3-5-13-8)14-12(15)11-4-6-16-9(11)2/h4,6,8,10,13H,3,5,7H2,1-2H3,(H,14,15). The number of furan rings is 1. The van der Waals surface area contributed by atoms with Gasteiger partial charge >= 0.3 is 0 Å². The molecule has 0 spiro atoms. The lowest BCUT2D eigenvalue weighted by atomic mass is 10.0. The summed E-state index contributed by atoms with van der Waals surface area (Å²) in [6.07, 6.45) is 3.53. The molecule has 1 aromatic rings. The first-order valence-electron chi connectivity index (χ1n) is 5.75. The first-order valence-corrected chi connectivity index (χ1v) is 5.75. The maximum atomic E-state index is 11.9. The molecule has 4 heteroatoms. The summed E-state index contributed by atoms with van der Waals surface area (Å²) in [6, 6.07) is 2.47. The highest BCUT2D eigenvalue weighted by Crippen LogP contribution is 2.12. The zero-order chi connectivity index (χ0) is 11.5. The SMILES string of the molecule is Cc1occc1C(=O)NC1CCNC(C)C1. The summed E-state index contributed by atoms with van der Waals surface area (Å²) in [5.41, 5.74) is 0.645. The fourth-order valence-electron chi connectivity index (χ4n) is 2.15. The Morgan fingerprint density at radius 2 is 2.44 bits per heavy atom. The third kappa shape index (κ3) is 2.44. The summed E-state index contributed by atoms with van der Waals surface area (Å²) in [4.78, 5) is 11.9. The van der Waals surface area contributed by atoms with Gasteiger partial charge in [0.05, 0.1) is 11.8 Å². The Hall–Kier alpha value is -1.29. The van der Waals surface area contributed by atoms with Gasteiger partial charge in [0.2, 0.25) is 0 Å². The van der Waals surface area contributed by atoms with Crippen LogP contribution in [0.3, 0.4) is 0 Å². The van der Waals surface area contributed by atoms with Crippen LogP contribution < -0.4 is 10.6 Å². The maximum Gasteiger partial charge on any atom is 0.255 e. The second-order valence-corrected chi connectivity index (χ2v) is 4.44. The van der Waals surface area contributed by atoms with Crippen molar-refractivity contribution >= 4 is 5.91 Å². The molecular formula is C12H18N2O2. The molecule has 2 heterocycles. The van der Waals surface area contributed by atoms with E-state index in [4.69, 9.17) is 4.42 Å². The van der Waals surface area contributed by atoms with Gasteiger partial charge in [-0.25, -0.2) is 0 Å². The second-order valence-electron chi connectivity index (χ2n) is 4.44. The van der Waals surface area contributed by atoms with Crippen LogP contribution in [-0.2, 0) is 0 Å². The van der Waals surface area contributed by atoms with E-state index in [0.717, 1.165) is 19.4 Å². The van der Waals surface area contributed by atoms with Crippen molar-refractivity contribution in [3.8, 4) is 0 Å². The van der Waals surface area contributed by atoms with Crippen LogP contribution in [0.15, 0.2) is 16.7 Å². The van der Waals surface area contributed by atoms with Gasteiger partial charge in [0.25, 0.3) is 5.91 Å². The molecule has 0 aromatic carbocycles. The summed E-state index contributed by atoms with van der Waals surface area (Å²) in [7, 11) is 0. The van der Waals surface area contributed by atoms with Gasteiger partial charge < -0.3 is 15.1 Å². The Kier molecular flexibility index (Phi) is 3.29. The summed E-state index contributed by atoms with van der Waals surface area (Å²) < 4.78 is 5.12. The van der Waals surface area contributed by atoms with Crippen molar-refractivity contribution in [3.05, 3.63) is 23.7 Å². The van der Waals surface area contributed by atoms with E-state index < -0.39 is 0 Å². The molecule has 1 saturated heterocycles. The summed E-state index contributed by atoms with van der Waals surface area (Å²) in [5.74, 6) is 0.657. The van der Waals surface area contributed by atoms with Crippen molar-refractivity contribution in [1.29, 1.82) is 0 Å². The average Bonchev–Trinajstić information content (AvgIpc) is 2.64. The van der Waals surface area contributed by atoms with Gasteiger partial charge in [-0.3, -0.25) is 4.79 Å². The van der Waals surface area contributed by atoms with E-state index in [1.54, 1.807) is 19.3 Å². The lowest BCUT2D eigenvalue weighted by Crippen LogP contribution is -2.46. The molecule has 2 unspecified atom stereocenters. The first-order chi connectivity index (χ1) is 7.66. The Labute approximate surface area is 95.4 Å². The molecule has 2 rings (SSSR count). The smallest absolute Gasteiger partial charge is 0.255 e. The average molecular weight is 222 g/mol. The molecule has 1 aliphatic rings. The van der Waals surface area contributed by atoms with Gasteiger partial charge in [-0.2, -0.15) is 0 Å². The first kappa shape index (κ1) is 11.2. The van der Waals surface area contributed by atoms with Crippen LogP contribution in [0, 0.1) is 6.92 Å². The van der Waals surface area contributed by atoms with Gasteiger partial charge in [-0.15, -0.1) is 0 Å². The Morgan fingerprint density at radius 3 is 3.06 bits per heavy atom. The van der Waals surface area contributed by atoms with Crippen LogP contribution >= 0.6 is 0 Å². The van der Waals surface area contributed by atoms with Crippen molar-refractivity contribution in [2.75, 3.05) is 6.54 Å². The number of carbonyl (C=O) groups is 1. The third-order valence-electron chi connectivity index (χ3n) is 3.06. The maximum absolute atomic E-state index is 11.9. The fourth-order valence-corrected chi connectivity index (χ4v) is 2.15. The monoisotopic (exact) mass is 222 g/mol. The highest BCUT2D eigenvalue weighted by molar-refractivity contribution is 5.95. The largest absolute Gasteiger partial charge is 0.469 e. The number of hydrogen-bond donors (Lipinski definition) is 2. The quantitative estimate of drug-likeness (QED) is 0.796. The molecule has 1 aromatic heterocycles. The molecule has 0 saturated carbocycles. The van der Waals surface area contributed by atoms with Crippen LogP contribution in [0.1, 0.15) is 35.9 Å². The van der Waals surface area contributed by atoms with Gasteiger partial charge in [0.1, 0.15) is 5.76 Å². The number of hydrogen-bond acceptors (Lipinski definition) is 3. The molecule has 4 nitrogen and oxygen atoms in total. The van der Waals surface area contributed by atoms with Gasteiger partial charge in [0.15, 0.2) is 0 Å². The molecule has 0 aliphatic carbocycles. The van der Waals surface area contributed by atoms with E-state index in [1.165, 1.54) is 0 Å². The fraction of sp³-hybridized carbons (Fsp3) is 0.583. The zero-order valence-corrected chi connectivity index (χ0v) is 9.75. The minimum absolute atomic E-state index is 0.0228. The third-order valence-corrected chi connectivity index (χ3v) is 3.06. The number of piperidine rings is 1. The van der Waals surface area contributed by atoms with Crippen molar-refractivity contribution in [2.24, 2.45) is 0 Å². The van der Waals surface area contributed by atoms with Crippen LogP contribution in [-0.4, -0.2) is 24.5 Å². The molecule has 0 radical (unpaired) electrons. The van der Waals surface area contributed by atoms with Crippen LogP contribution in [0.2, 0.25) is 0 Å². The van der Waals surface area contributed by atoms with Gasteiger partial charge in [-0.05, 0) is 39.3 Å². The van der Waals surface area contributed by atoms with Crippen molar-refractivity contribution in [2.45, 2.75) is 38.8 Å². The van der Waals surface area contributed by atoms with E-state index in [1.807, 2.05) is 0 Å². The normalized spacial score (nSPS) is 25.4. The minimum Gasteiger partial charge on any atom is -0.469 e. The highest BCUT2D eigenvalue weighted by atomic mass is 16.3. The molecular weight excluding hydrogens is 204 g/mol. The Balaban J connectivity index is 1.95. The summed E-state index contributed by atoms with van der Waals surface area (Å²) >= 11 is 0. The number of rotatable bonds is 2. The Morgan fingerprint density at radius 1 is 1.62 bits per heavy atom. The van der Waals surface area contributed by atoms with Gasteiger partial charge in [-0.1, -0.05) is 0 Å². The number of nitrogens with one attached hydrogen (secondary N) is 2.